The summed E-state index contributed by atoms with van der Waals surface area (Å²) in [6.45, 7) is 3.47. The van der Waals surface area contributed by atoms with Gasteiger partial charge in [-0.2, -0.15) is 10.1 Å². The average Bonchev–Trinajstić information content (AvgIpc) is 3.19. The van der Waals surface area contributed by atoms with Crippen molar-refractivity contribution in [3.8, 4) is 5.69 Å². The number of hydrogen-bond donors (Lipinski definition) is 2. The number of fused-ring (bicyclic) bond motifs is 2. The number of pyridine rings is 1. The molecule has 4 aromatic rings. The van der Waals surface area contributed by atoms with Gasteiger partial charge in [0.25, 0.3) is 0 Å². The van der Waals surface area contributed by atoms with E-state index in [0.717, 1.165) is 47.7 Å². The second-order valence-electron chi connectivity index (χ2n) is 9.68. The maximum Gasteiger partial charge on any atom is 0.226 e. The molecule has 2 fully saturated rings. The molecule has 0 atom stereocenters. The van der Waals surface area contributed by atoms with Crippen LogP contribution < -0.4 is 10.6 Å². The minimum Gasteiger partial charge on any atom is -0.381 e. The van der Waals surface area contributed by atoms with Crippen molar-refractivity contribution in [2.24, 2.45) is 5.41 Å². The zero-order valence-corrected chi connectivity index (χ0v) is 21.0. The minimum atomic E-state index is -0.371. The smallest absolute Gasteiger partial charge is 0.226 e. The number of rotatable bonds is 5. The van der Waals surface area contributed by atoms with E-state index in [4.69, 9.17) is 9.72 Å². The number of nitrogens with zero attached hydrogens (tertiary/aromatic N) is 5. The molecule has 1 aliphatic heterocycles. The predicted octanol–water partition coefficient (Wildman–Crippen LogP) is 4.00. The van der Waals surface area contributed by atoms with Crippen molar-refractivity contribution >= 4 is 49.7 Å². The Hall–Kier alpha value is -3.11. The van der Waals surface area contributed by atoms with E-state index in [2.05, 4.69) is 41.6 Å². The summed E-state index contributed by atoms with van der Waals surface area (Å²) in [4.78, 5) is 26.5. The van der Waals surface area contributed by atoms with E-state index in [0.29, 0.717) is 29.4 Å². The SMILES string of the molecule is CC1(C(=O)NC2CCOCC2)CC(Nc2ncc3c(Br)nn(-c4ccc5ncccc5c4)c3n2)C1. The molecule has 2 N–H and O–H groups in total. The van der Waals surface area contributed by atoms with Gasteiger partial charge < -0.3 is 15.4 Å². The summed E-state index contributed by atoms with van der Waals surface area (Å²) in [7, 11) is 0. The van der Waals surface area contributed by atoms with Crippen LogP contribution in [-0.4, -0.2) is 55.9 Å². The first kappa shape index (κ1) is 22.4. The van der Waals surface area contributed by atoms with Gasteiger partial charge >= 0.3 is 0 Å². The highest BCUT2D eigenvalue weighted by Gasteiger charge is 2.47. The average molecular weight is 536 g/mol. The third kappa shape index (κ3) is 4.25. The Balaban J connectivity index is 1.19. The molecule has 4 heterocycles. The fraction of sp³-hybridized carbons (Fsp3) is 0.400. The Morgan fingerprint density at radius 3 is 2.83 bits per heavy atom. The third-order valence-corrected chi connectivity index (χ3v) is 7.63. The van der Waals surface area contributed by atoms with Gasteiger partial charge in [0.1, 0.15) is 4.60 Å². The first-order valence-electron chi connectivity index (χ1n) is 11.9. The first-order valence-corrected chi connectivity index (χ1v) is 12.7. The van der Waals surface area contributed by atoms with Gasteiger partial charge in [-0.25, -0.2) is 9.67 Å². The van der Waals surface area contributed by atoms with E-state index >= 15 is 0 Å². The molecule has 35 heavy (non-hydrogen) atoms. The maximum absolute atomic E-state index is 12.9. The van der Waals surface area contributed by atoms with Gasteiger partial charge in [-0.05, 0) is 65.9 Å². The van der Waals surface area contributed by atoms with Crippen LogP contribution in [0.15, 0.2) is 47.3 Å². The standard InChI is InChI=1S/C25H26BrN7O2/c1-25(23(34)29-16-6-9-35-10-7-16)12-17(13-25)30-24-28-14-19-21(26)32-33(22(19)31-24)18-4-5-20-15(11-18)3-2-8-27-20/h2-5,8,11,14,16-17H,6-7,9-10,12-13H2,1H3,(H,29,34)(H,28,30,31). The number of carbonyl (C=O) groups is 1. The molecule has 1 aliphatic carbocycles. The number of carbonyl (C=O) groups excluding carboxylic acids is 1. The van der Waals surface area contributed by atoms with Crippen molar-refractivity contribution in [2.75, 3.05) is 18.5 Å². The van der Waals surface area contributed by atoms with Gasteiger partial charge in [0.2, 0.25) is 11.9 Å². The molecule has 0 radical (unpaired) electrons. The molecule has 1 saturated heterocycles. The number of benzene rings is 1. The number of halogens is 1. The van der Waals surface area contributed by atoms with E-state index in [9.17, 15) is 4.79 Å². The molecule has 10 heteroatoms. The second kappa shape index (κ2) is 8.83. The van der Waals surface area contributed by atoms with E-state index in [-0.39, 0.29) is 23.4 Å². The lowest BCUT2D eigenvalue weighted by atomic mass is 9.66. The molecule has 0 unspecified atom stereocenters. The Bertz CT molecular complexity index is 1410. The Kier molecular flexibility index (Phi) is 5.64. The Morgan fingerprint density at radius 2 is 2.00 bits per heavy atom. The molecule has 0 spiro atoms. The summed E-state index contributed by atoms with van der Waals surface area (Å²) in [5.74, 6) is 0.664. The zero-order valence-electron chi connectivity index (χ0n) is 19.4. The van der Waals surface area contributed by atoms with Gasteiger partial charge in [-0.1, -0.05) is 13.0 Å². The fourth-order valence-electron chi connectivity index (χ4n) is 5.01. The predicted molar refractivity (Wildman–Crippen MR) is 136 cm³/mol. The van der Waals surface area contributed by atoms with Crippen LogP contribution in [0.25, 0.3) is 27.6 Å². The van der Waals surface area contributed by atoms with Crippen molar-refractivity contribution in [3.63, 3.8) is 0 Å². The summed E-state index contributed by atoms with van der Waals surface area (Å²) in [6, 6.07) is 10.3. The molecule has 1 aromatic carbocycles. The molecular formula is C25H26BrN7O2. The van der Waals surface area contributed by atoms with E-state index in [1.54, 1.807) is 12.4 Å². The molecule has 1 saturated carbocycles. The Labute approximate surface area is 210 Å². The highest BCUT2D eigenvalue weighted by Crippen LogP contribution is 2.42. The normalized spacial score (nSPS) is 22.7. The maximum atomic E-state index is 12.9. The number of aromatic nitrogens is 5. The van der Waals surface area contributed by atoms with Gasteiger partial charge in [-0.3, -0.25) is 9.78 Å². The van der Waals surface area contributed by atoms with Gasteiger partial charge in [0.15, 0.2) is 5.65 Å². The Morgan fingerprint density at radius 1 is 1.17 bits per heavy atom. The molecular weight excluding hydrogens is 510 g/mol. The second-order valence-corrected chi connectivity index (χ2v) is 10.4. The zero-order chi connectivity index (χ0) is 24.0. The molecule has 9 nitrogen and oxygen atoms in total. The van der Waals surface area contributed by atoms with E-state index in [1.165, 1.54) is 0 Å². The van der Waals surface area contributed by atoms with Crippen LogP contribution >= 0.6 is 15.9 Å². The van der Waals surface area contributed by atoms with Crippen LogP contribution in [0.3, 0.4) is 0 Å². The third-order valence-electron chi connectivity index (χ3n) is 7.04. The van der Waals surface area contributed by atoms with Crippen molar-refractivity contribution in [1.29, 1.82) is 0 Å². The minimum absolute atomic E-state index is 0.131. The monoisotopic (exact) mass is 535 g/mol. The molecule has 0 bridgehead atoms. The number of ether oxygens (including phenoxy) is 1. The topological polar surface area (TPSA) is 107 Å². The highest BCUT2D eigenvalue weighted by molar-refractivity contribution is 9.10. The van der Waals surface area contributed by atoms with Crippen LogP contribution in [0.2, 0.25) is 0 Å². The van der Waals surface area contributed by atoms with Gasteiger partial charge in [0, 0.05) is 43.1 Å². The number of amides is 1. The van der Waals surface area contributed by atoms with E-state index < -0.39 is 0 Å². The highest BCUT2D eigenvalue weighted by atomic mass is 79.9. The molecule has 2 aliphatic rings. The van der Waals surface area contributed by atoms with Crippen molar-refractivity contribution in [3.05, 3.63) is 47.3 Å². The summed E-state index contributed by atoms with van der Waals surface area (Å²) in [6.07, 6.45) is 6.81. The van der Waals surface area contributed by atoms with Crippen LogP contribution in [0.4, 0.5) is 5.95 Å². The molecule has 1 amide bonds. The largest absolute Gasteiger partial charge is 0.381 e. The molecule has 3 aromatic heterocycles. The van der Waals surface area contributed by atoms with Crippen LogP contribution in [0, 0.1) is 5.41 Å². The lowest BCUT2D eigenvalue weighted by molar-refractivity contribution is -0.136. The van der Waals surface area contributed by atoms with Crippen LogP contribution in [-0.2, 0) is 9.53 Å². The molecule has 6 rings (SSSR count). The van der Waals surface area contributed by atoms with Crippen molar-refractivity contribution in [2.45, 2.75) is 44.7 Å². The summed E-state index contributed by atoms with van der Waals surface area (Å²) in [5.41, 5.74) is 2.16. The summed E-state index contributed by atoms with van der Waals surface area (Å²) in [5, 5.41) is 13.1. The number of anilines is 1. The van der Waals surface area contributed by atoms with Crippen molar-refractivity contribution < 1.29 is 9.53 Å². The van der Waals surface area contributed by atoms with Gasteiger partial charge in [0.05, 0.1) is 22.0 Å². The first-order chi connectivity index (χ1) is 17.0. The van der Waals surface area contributed by atoms with Crippen LogP contribution in [0.1, 0.15) is 32.6 Å². The summed E-state index contributed by atoms with van der Waals surface area (Å²) >= 11 is 3.54. The van der Waals surface area contributed by atoms with Crippen LogP contribution in [0.5, 0.6) is 0 Å². The fourth-order valence-corrected chi connectivity index (χ4v) is 5.45. The van der Waals surface area contributed by atoms with E-state index in [1.807, 2.05) is 41.9 Å². The van der Waals surface area contributed by atoms with Crippen molar-refractivity contribution in [1.82, 2.24) is 30.0 Å². The summed E-state index contributed by atoms with van der Waals surface area (Å²) < 4.78 is 7.89. The lowest BCUT2D eigenvalue weighted by Gasteiger charge is -2.44. The number of hydrogen-bond acceptors (Lipinski definition) is 7. The quantitative estimate of drug-likeness (QED) is 0.397. The number of nitrogens with one attached hydrogen (secondary N) is 2. The van der Waals surface area contributed by atoms with Gasteiger partial charge in [-0.15, -0.1) is 0 Å². The lowest BCUT2D eigenvalue weighted by Crippen LogP contribution is -2.55. The molecule has 180 valence electrons.